The fourth-order valence-electron chi connectivity index (χ4n) is 2.79. The van der Waals surface area contributed by atoms with E-state index in [1.807, 2.05) is 35.0 Å². The van der Waals surface area contributed by atoms with Crippen molar-refractivity contribution < 1.29 is 9.72 Å². The van der Waals surface area contributed by atoms with Gasteiger partial charge in [-0.05, 0) is 32.8 Å². The van der Waals surface area contributed by atoms with Crippen molar-refractivity contribution in [2.45, 2.75) is 19.0 Å². The second-order valence-corrected chi connectivity index (χ2v) is 7.59. The Morgan fingerprint density at radius 2 is 2.12 bits per heavy atom. The quantitative estimate of drug-likeness (QED) is 0.496. The number of rotatable bonds is 5. The first-order valence-electron chi connectivity index (χ1n) is 7.75. The molecular formula is C16H13N5O3S2. The molecule has 4 rings (SSSR count). The Hall–Kier alpha value is -2.85. The topological polar surface area (TPSA) is 93.6 Å². The second kappa shape index (κ2) is 6.81. The summed E-state index contributed by atoms with van der Waals surface area (Å²) in [5, 5.41) is 20.8. The molecule has 0 aliphatic carbocycles. The molecular weight excluding hydrogens is 374 g/mol. The highest BCUT2D eigenvalue weighted by Crippen LogP contribution is 2.36. The lowest BCUT2D eigenvalue weighted by Gasteiger charge is -2.20. The number of hydrogen-bond donors (Lipinski definition) is 0. The lowest BCUT2D eigenvalue weighted by molar-refractivity contribution is -0.389. The van der Waals surface area contributed by atoms with Crippen molar-refractivity contribution in [3.63, 3.8) is 0 Å². The van der Waals surface area contributed by atoms with E-state index in [0.29, 0.717) is 6.42 Å². The highest BCUT2D eigenvalue weighted by atomic mass is 32.1. The first-order chi connectivity index (χ1) is 12.6. The van der Waals surface area contributed by atoms with Crippen molar-refractivity contribution in [1.82, 2.24) is 14.6 Å². The summed E-state index contributed by atoms with van der Waals surface area (Å²) < 4.78 is 1.41. The molecule has 26 heavy (non-hydrogen) atoms. The number of amides is 1. The van der Waals surface area contributed by atoms with Gasteiger partial charge in [-0.1, -0.05) is 12.1 Å². The first-order valence-corrected chi connectivity index (χ1v) is 9.51. The molecule has 1 amide bonds. The molecule has 1 atom stereocenters. The molecule has 1 unspecified atom stereocenters. The van der Waals surface area contributed by atoms with Crippen LogP contribution in [0, 0.1) is 10.1 Å². The highest BCUT2D eigenvalue weighted by Gasteiger charge is 2.34. The summed E-state index contributed by atoms with van der Waals surface area (Å²) in [5.74, 6) is -0.515. The molecule has 1 aliphatic rings. The van der Waals surface area contributed by atoms with Crippen LogP contribution in [0.25, 0.3) is 0 Å². The number of imidazole rings is 1. The summed E-state index contributed by atoms with van der Waals surface area (Å²) in [6.45, 7) is -0.0517. The lowest BCUT2D eigenvalue weighted by Crippen LogP contribution is -2.29. The molecule has 0 spiro atoms. The number of carbonyl (C=O) groups is 1. The van der Waals surface area contributed by atoms with E-state index >= 15 is 0 Å². The van der Waals surface area contributed by atoms with Crippen LogP contribution in [-0.4, -0.2) is 31.1 Å². The van der Waals surface area contributed by atoms with Gasteiger partial charge in [0.25, 0.3) is 5.91 Å². The van der Waals surface area contributed by atoms with Crippen LogP contribution >= 0.6 is 22.7 Å². The Balaban J connectivity index is 1.59. The van der Waals surface area contributed by atoms with Gasteiger partial charge >= 0.3 is 5.82 Å². The second-order valence-electron chi connectivity index (χ2n) is 5.66. The number of nitrogens with zero attached hydrogens (tertiary/aromatic N) is 5. The van der Waals surface area contributed by atoms with Crippen LogP contribution in [0.5, 0.6) is 0 Å². The van der Waals surface area contributed by atoms with Gasteiger partial charge in [0.05, 0.1) is 16.6 Å². The van der Waals surface area contributed by atoms with Gasteiger partial charge in [0.15, 0.2) is 0 Å². The zero-order valence-electron chi connectivity index (χ0n) is 13.4. The van der Waals surface area contributed by atoms with Gasteiger partial charge in [-0.25, -0.2) is 5.01 Å². The van der Waals surface area contributed by atoms with Crippen molar-refractivity contribution in [3.8, 4) is 0 Å². The van der Waals surface area contributed by atoms with Crippen LogP contribution in [-0.2, 0) is 11.3 Å². The number of hydrogen-bond acceptors (Lipinski definition) is 7. The molecule has 8 nitrogen and oxygen atoms in total. The normalized spacial score (nSPS) is 16.7. The monoisotopic (exact) mass is 387 g/mol. The number of hydrazone groups is 1. The van der Waals surface area contributed by atoms with Gasteiger partial charge in [-0.15, -0.1) is 22.7 Å². The molecule has 1 aliphatic heterocycles. The number of aromatic nitrogens is 2. The van der Waals surface area contributed by atoms with Crippen molar-refractivity contribution in [2.24, 2.45) is 5.10 Å². The van der Waals surface area contributed by atoms with E-state index in [4.69, 9.17) is 0 Å². The molecule has 0 saturated carbocycles. The smallest absolute Gasteiger partial charge is 0.358 e. The van der Waals surface area contributed by atoms with E-state index in [1.54, 1.807) is 22.7 Å². The summed E-state index contributed by atoms with van der Waals surface area (Å²) in [6, 6.07) is 7.73. The zero-order chi connectivity index (χ0) is 18.1. The molecule has 0 fully saturated rings. The maximum absolute atomic E-state index is 12.8. The Morgan fingerprint density at radius 3 is 2.77 bits per heavy atom. The maximum atomic E-state index is 12.8. The minimum atomic E-state index is -0.585. The van der Waals surface area contributed by atoms with Gasteiger partial charge in [0.2, 0.25) is 6.33 Å². The minimum absolute atomic E-state index is 0.0517. The predicted octanol–water partition coefficient (Wildman–Crippen LogP) is 3.29. The Morgan fingerprint density at radius 1 is 1.31 bits per heavy atom. The van der Waals surface area contributed by atoms with Gasteiger partial charge in [0.1, 0.15) is 12.7 Å². The van der Waals surface area contributed by atoms with Gasteiger partial charge in [0, 0.05) is 11.3 Å². The summed E-state index contributed by atoms with van der Waals surface area (Å²) in [5.41, 5.74) is 0.878. The van der Waals surface area contributed by atoms with E-state index < -0.39 is 4.92 Å². The lowest BCUT2D eigenvalue weighted by atomic mass is 10.1. The van der Waals surface area contributed by atoms with Gasteiger partial charge in [-0.3, -0.25) is 4.79 Å². The molecule has 3 aromatic rings. The van der Waals surface area contributed by atoms with Crippen LogP contribution in [0.1, 0.15) is 22.2 Å². The average molecular weight is 387 g/mol. The van der Waals surface area contributed by atoms with Crippen LogP contribution in [0.4, 0.5) is 5.82 Å². The van der Waals surface area contributed by atoms with E-state index in [1.165, 1.54) is 22.1 Å². The van der Waals surface area contributed by atoms with E-state index in [-0.39, 0.29) is 24.3 Å². The number of thiophene rings is 2. The van der Waals surface area contributed by atoms with Crippen LogP contribution < -0.4 is 0 Å². The molecule has 0 N–H and O–H groups in total. The third kappa shape index (κ3) is 3.16. The molecule has 4 heterocycles. The van der Waals surface area contributed by atoms with Crippen LogP contribution in [0.2, 0.25) is 0 Å². The van der Waals surface area contributed by atoms with Gasteiger partial charge < -0.3 is 14.7 Å². The van der Waals surface area contributed by atoms with E-state index in [0.717, 1.165) is 15.5 Å². The first kappa shape index (κ1) is 16.6. The standard InChI is InChI=1S/C16H13N5O3S2/c22-16(9-19-8-15(17-10-19)21(23)24)20-12(14-4-2-6-26-14)7-11(18-20)13-3-1-5-25-13/h1-6,8,10,12H,7,9H2. The molecule has 0 aromatic carbocycles. The Kier molecular flexibility index (Phi) is 4.35. The van der Waals surface area contributed by atoms with Crippen LogP contribution in [0.3, 0.4) is 0 Å². The largest absolute Gasteiger partial charge is 0.381 e. The summed E-state index contributed by atoms with van der Waals surface area (Å²) in [4.78, 5) is 28.8. The fraction of sp³-hybridized carbons (Fsp3) is 0.188. The number of nitro groups is 1. The summed E-state index contributed by atoms with van der Waals surface area (Å²) >= 11 is 3.17. The summed E-state index contributed by atoms with van der Waals surface area (Å²) in [6.07, 6.45) is 3.19. The van der Waals surface area contributed by atoms with E-state index in [9.17, 15) is 14.9 Å². The molecule has 0 bridgehead atoms. The third-order valence-corrected chi connectivity index (χ3v) is 5.86. The van der Waals surface area contributed by atoms with Crippen molar-refractivity contribution >= 4 is 40.1 Å². The van der Waals surface area contributed by atoms with Crippen molar-refractivity contribution in [2.75, 3.05) is 0 Å². The Labute approximate surface area is 156 Å². The summed E-state index contributed by atoms with van der Waals surface area (Å²) in [7, 11) is 0. The predicted molar refractivity (Wildman–Crippen MR) is 98.3 cm³/mol. The molecule has 3 aromatic heterocycles. The SMILES string of the molecule is O=C(Cn1cnc([N+](=O)[O-])c1)N1N=C(c2cccs2)CC1c1cccs1. The molecule has 0 radical (unpaired) electrons. The number of carbonyl (C=O) groups excluding carboxylic acids is 1. The molecule has 132 valence electrons. The average Bonchev–Trinajstić information content (AvgIpc) is 3.39. The van der Waals surface area contributed by atoms with E-state index in [2.05, 4.69) is 10.1 Å². The highest BCUT2D eigenvalue weighted by molar-refractivity contribution is 7.12. The molecule has 10 heteroatoms. The van der Waals surface area contributed by atoms with Crippen molar-refractivity contribution in [1.29, 1.82) is 0 Å². The zero-order valence-corrected chi connectivity index (χ0v) is 15.0. The maximum Gasteiger partial charge on any atom is 0.381 e. The minimum Gasteiger partial charge on any atom is -0.358 e. The molecule has 0 saturated heterocycles. The van der Waals surface area contributed by atoms with Crippen LogP contribution in [0.15, 0.2) is 52.7 Å². The van der Waals surface area contributed by atoms with Gasteiger partial charge in [-0.2, -0.15) is 5.10 Å². The van der Waals surface area contributed by atoms with Crippen molar-refractivity contribution in [3.05, 3.63) is 67.4 Å². The fourth-order valence-corrected chi connectivity index (χ4v) is 4.32. The Bertz CT molecular complexity index is 962. The third-order valence-electron chi connectivity index (χ3n) is 3.97.